The molecule has 2 aromatic rings. The van der Waals surface area contributed by atoms with Gasteiger partial charge >= 0.3 is 5.97 Å². The Bertz CT molecular complexity index is 915. The number of rotatable bonds is 6. The minimum atomic E-state index is -0.613. The topological polar surface area (TPSA) is 93.7 Å². The summed E-state index contributed by atoms with van der Waals surface area (Å²) in [4.78, 5) is 37.2. The lowest BCUT2D eigenvalue weighted by Crippen LogP contribution is -2.32. The second kappa shape index (κ2) is 8.79. The molecule has 0 radical (unpaired) electrons. The molecular weight excluding hydrogens is 380 g/mol. The number of hydrogen-bond donors (Lipinski definition) is 2. The summed E-state index contributed by atoms with van der Waals surface area (Å²) in [6.45, 7) is 1.45. The molecule has 0 unspecified atom stereocenters. The van der Waals surface area contributed by atoms with Gasteiger partial charge in [-0.1, -0.05) is 18.2 Å². The average molecular weight is 400 g/mol. The molecule has 8 heteroatoms. The van der Waals surface area contributed by atoms with E-state index in [4.69, 9.17) is 9.47 Å². The molecule has 28 heavy (non-hydrogen) atoms. The molecule has 1 atom stereocenters. The van der Waals surface area contributed by atoms with Gasteiger partial charge in [0, 0.05) is 4.90 Å². The third-order valence-corrected chi connectivity index (χ3v) is 5.33. The molecule has 0 saturated carbocycles. The lowest BCUT2D eigenvalue weighted by Gasteiger charge is -2.23. The molecule has 0 aliphatic carbocycles. The molecule has 1 heterocycles. The lowest BCUT2D eigenvalue weighted by atomic mass is 10.2. The molecule has 0 aromatic heterocycles. The largest absolute Gasteiger partial charge is 0.495 e. The number of anilines is 2. The maximum Gasteiger partial charge on any atom is 0.307 e. The van der Waals surface area contributed by atoms with Crippen LogP contribution in [0.3, 0.4) is 0 Å². The van der Waals surface area contributed by atoms with Crippen LogP contribution < -0.4 is 15.4 Å². The highest BCUT2D eigenvalue weighted by Crippen LogP contribution is 2.36. The number of fused-ring (bicyclic) bond motifs is 1. The Kier molecular flexibility index (Phi) is 6.20. The van der Waals surface area contributed by atoms with Crippen LogP contribution in [-0.2, 0) is 19.1 Å². The number of amides is 2. The van der Waals surface area contributed by atoms with E-state index < -0.39 is 23.7 Å². The van der Waals surface area contributed by atoms with Gasteiger partial charge in [0.1, 0.15) is 5.75 Å². The molecule has 2 N–H and O–H groups in total. The van der Waals surface area contributed by atoms with E-state index in [-0.39, 0.29) is 12.3 Å². The summed E-state index contributed by atoms with van der Waals surface area (Å²) in [6.07, 6.45) is -0.119. The molecule has 0 spiro atoms. The maximum atomic E-state index is 12.1. The van der Waals surface area contributed by atoms with Gasteiger partial charge in [-0.25, -0.2) is 0 Å². The molecule has 0 bridgehead atoms. The summed E-state index contributed by atoms with van der Waals surface area (Å²) in [5, 5.41) is 4.83. The van der Waals surface area contributed by atoms with E-state index in [1.54, 1.807) is 18.2 Å². The number of aryl methyl sites for hydroxylation is 1. The monoisotopic (exact) mass is 400 g/mol. The van der Waals surface area contributed by atoms with Gasteiger partial charge in [-0.05, 0) is 36.8 Å². The molecule has 1 aliphatic rings. The zero-order valence-electron chi connectivity index (χ0n) is 15.5. The molecular formula is C20H20N2O5S. The first-order valence-corrected chi connectivity index (χ1v) is 9.51. The Labute approximate surface area is 166 Å². The van der Waals surface area contributed by atoms with E-state index in [9.17, 15) is 14.4 Å². The number of benzene rings is 2. The van der Waals surface area contributed by atoms with Crippen LogP contribution in [-0.4, -0.2) is 36.8 Å². The van der Waals surface area contributed by atoms with Crippen molar-refractivity contribution in [1.82, 2.24) is 0 Å². The number of ether oxygens (including phenoxy) is 2. The predicted molar refractivity (Wildman–Crippen MR) is 107 cm³/mol. The minimum Gasteiger partial charge on any atom is -0.495 e. The molecule has 146 valence electrons. The Morgan fingerprint density at radius 2 is 2.00 bits per heavy atom. The minimum absolute atomic E-state index is 0.119. The summed E-state index contributed by atoms with van der Waals surface area (Å²) < 4.78 is 10.2. The standard InChI is InChI=1S/C20H20N2O5S/c1-12-7-8-15(26-2)14(9-12)21-18(23)11-27-19(24)10-17-20(25)22-13-5-3-4-6-16(13)28-17/h3-9,17H,10-11H2,1-2H3,(H,21,23)(H,22,25)/t17-/m1/s1. The number of para-hydroxylation sites is 1. The van der Waals surface area contributed by atoms with E-state index in [1.165, 1.54) is 18.9 Å². The van der Waals surface area contributed by atoms with E-state index in [0.717, 1.165) is 16.1 Å². The highest BCUT2D eigenvalue weighted by molar-refractivity contribution is 8.01. The first-order chi connectivity index (χ1) is 13.5. The molecule has 3 rings (SSSR count). The molecule has 1 aliphatic heterocycles. The first kappa shape index (κ1) is 19.8. The summed E-state index contributed by atoms with van der Waals surface area (Å²) in [7, 11) is 1.51. The highest BCUT2D eigenvalue weighted by Gasteiger charge is 2.29. The zero-order valence-corrected chi connectivity index (χ0v) is 16.3. The lowest BCUT2D eigenvalue weighted by molar-refractivity contribution is -0.147. The van der Waals surface area contributed by atoms with Crippen molar-refractivity contribution in [2.45, 2.75) is 23.5 Å². The van der Waals surface area contributed by atoms with E-state index in [2.05, 4.69) is 10.6 Å². The Morgan fingerprint density at radius 3 is 2.79 bits per heavy atom. The summed E-state index contributed by atoms with van der Waals surface area (Å²) in [6, 6.07) is 12.7. The van der Waals surface area contributed by atoms with Gasteiger partial charge in [0.2, 0.25) is 5.91 Å². The van der Waals surface area contributed by atoms with Crippen molar-refractivity contribution in [3.05, 3.63) is 48.0 Å². The van der Waals surface area contributed by atoms with Crippen LogP contribution in [0.4, 0.5) is 11.4 Å². The third kappa shape index (κ3) is 4.83. The Morgan fingerprint density at radius 1 is 1.21 bits per heavy atom. The first-order valence-electron chi connectivity index (χ1n) is 8.63. The molecule has 0 fully saturated rings. The highest BCUT2D eigenvalue weighted by atomic mass is 32.2. The maximum absolute atomic E-state index is 12.1. The van der Waals surface area contributed by atoms with Crippen LogP contribution in [0, 0.1) is 6.92 Å². The molecule has 2 amide bonds. The van der Waals surface area contributed by atoms with Gasteiger partial charge in [-0.15, -0.1) is 11.8 Å². The van der Waals surface area contributed by atoms with Crippen LogP contribution in [0.5, 0.6) is 5.75 Å². The van der Waals surface area contributed by atoms with E-state index in [0.29, 0.717) is 11.4 Å². The molecule has 7 nitrogen and oxygen atoms in total. The zero-order chi connectivity index (χ0) is 20.1. The predicted octanol–water partition coefficient (Wildman–Crippen LogP) is 2.99. The van der Waals surface area contributed by atoms with Crippen LogP contribution in [0.1, 0.15) is 12.0 Å². The second-order valence-corrected chi connectivity index (χ2v) is 7.45. The second-order valence-electron chi connectivity index (χ2n) is 6.21. The fourth-order valence-electron chi connectivity index (χ4n) is 2.69. The van der Waals surface area contributed by atoms with Crippen LogP contribution in [0.15, 0.2) is 47.4 Å². The van der Waals surface area contributed by atoms with Crippen molar-refractivity contribution in [3.8, 4) is 5.75 Å². The Hall–Kier alpha value is -3.00. The number of nitrogens with one attached hydrogen (secondary N) is 2. The number of carbonyl (C=O) groups is 3. The van der Waals surface area contributed by atoms with Crippen LogP contribution in [0.2, 0.25) is 0 Å². The van der Waals surface area contributed by atoms with Crippen LogP contribution >= 0.6 is 11.8 Å². The smallest absolute Gasteiger partial charge is 0.307 e. The fourth-order valence-corrected chi connectivity index (χ4v) is 3.78. The number of esters is 1. The molecule has 0 saturated heterocycles. The number of thioether (sulfide) groups is 1. The Balaban J connectivity index is 1.51. The summed E-state index contributed by atoms with van der Waals surface area (Å²) in [5.41, 5.74) is 2.18. The summed E-state index contributed by atoms with van der Waals surface area (Å²) in [5.74, 6) is -0.837. The fraction of sp³-hybridized carbons (Fsp3) is 0.250. The van der Waals surface area contributed by atoms with Crippen molar-refractivity contribution in [2.75, 3.05) is 24.4 Å². The van der Waals surface area contributed by atoms with Gasteiger partial charge in [0.05, 0.1) is 30.2 Å². The van der Waals surface area contributed by atoms with Crippen molar-refractivity contribution >= 4 is 40.9 Å². The number of methoxy groups -OCH3 is 1. The van der Waals surface area contributed by atoms with E-state index in [1.807, 2.05) is 31.2 Å². The van der Waals surface area contributed by atoms with Gasteiger partial charge in [-0.2, -0.15) is 0 Å². The van der Waals surface area contributed by atoms with Gasteiger partial charge in [-0.3, -0.25) is 14.4 Å². The van der Waals surface area contributed by atoms with E-state index >= 15 is 0 Å². The third-order valence-electron chi connectivity index (χ3n) is 4.05. The number of carbonyl (C=O) groups excluding carboxylic acids is 3. The van der Waals surface area contributed by atoms with Crippen LogP contribution in [0.25, 0.3) is 0 Å². The van der Waals surface area contributed by atoms with Gasteiger partial charge in [0.15, 0.2) is 6.61 Å². The normalized spacial score (nSPS) is 15.2. The van der Waals surface area contributed by atoms with Gasteiger partial charge in [0.25, 0.3) is 5.91 Å². The van der Waals surface area contributed by atoms with Crippen molar-refractivity contribution in [3.63, 3.8) is 0 Å². The van der Waals surface area contributed by atoms with Crippen molar-refractivity contribution in [2.24, 2.45) is 0 Å². The quantitative estimate of drug-likeness (QED) is 0.724. The average Bonchev–Trinajstić information content (AvgIpc) is 2.67. The van der Waals surface area contributed by atoms with Crippen molar-refractivity contribution in [1.29, 1.82) is 0 Å². The summed E-state index contributed by atoms with van der Waals surface area (Å²) >= 11 is 1.31. The number of hydrogen-bond acceptors (Lipinski definition) is 6. The van der Waals surface area contributed by atoms with Crippen molar-refractivity contribution < 1.29 is 23.9 Å². The molecule has 2 aromatic carbocycles. The van der Waals surface area contributed by atoms with Gasteiger partial charge < -0.3 is 20.1 Å². The SMILES string of the molecule is COc1ccc(C)cc1NC(=O)COC(=O)C[C@H]1Sc2ccccc2NC1=O.